The van der Waals surface area contributed by atoms with Crippen molar-refractivity contribution < 1.29 is 9.84 Å². The van der Waals surface area contributed by atoms with Gasteiger partial charge in [-0.2, -0.15) is 0 Å². The third-order valence-electron chi connectivity index (χ3n) is 5.31. The number of nitrogens with zero attached hydrogens (tertiary/aromatic N) is 1. The minimum atomic E-state index is -0.465. The van der Waals surface area contributed by atoms with E-state index in [2.05, 4.69) is 41.8 Å². The van der Waals surface area contributed by atoms with E-state index in [4.69, 9.17) is 4.74 Å². The van der Waals surface area contributed by atoms with Crippen LogP contribution in [0.5, 0.6) is 5.75 Å². The lowest BCUT2D eigenvalue weighted by Gasteiger charge is -2.33. The second-order valence-corrected chi connectivity index (χ2v) is 7.50. The third kappa shape index (κ3) is 6.23. The molecule has 27 heavy (non-hydrogen) atoms. The highest BCUT2D eigenvalue weighted by Gasteiger charge is 2.21. The highest BCUT2D eigenvalue weighted by molar-refractivity contribution is 5.34. The van der Waals surface area contributed by atoms with Crippen LogP contribution < -0.4 is 4.74 Å². The first-order valence-corrected chi connectivity index (χ1v) is 10.0. The normalized spacial score (nSPS) is 16.8. The number of benzene rings is 2. The SMILES string of the molecule is C=CCc1ccccc1OC[C@@H](O)CN1CCC(Cc2ccccc2)CC1. The van der Waals surface area contributed by atoms with Gasteiger partial charge in [0.25, 0.3) is 0 Å². The number of rotatable bonds is 9. The maximum atomic E-state index is 10.4. The molecule has 1 saturated heterocycles. The molecule has 1 aliphatic rings. The van der Waals surface area contributed by atoms with Crippen molar-refractivity contribution in [2.45, 2.75) is 31.8 Å². The van der Waals surface area contributed by atoms with Crippen molar-refractivity contribution in [3.05, 3.63) is 78.4 Å². The summed E-state index contributed by atoms with van der Waals surface area (Å²) in [5.41, 5.74) is 2.55. The molecule has 0 spiro atoms. The van der Waals surface area contributed by atoms with Crippen molar-refractivity contribution in [3.8, 4) is 5.75 Å². The van der Waals surface area contributed by atoms with Gasteiger partial charge in [-0.05, 0) is 61.9 Å². The molecule has 1 aliphatic heterocycles. The topological polar surface area (TPSA) is 32.7 Å². The lowest BCUT2D eigenvalue weighted by atomic mass is 9.90. The summed E-state index contributed by atoms with van der Waals surface area (Å²) in [6.07, 6.45) is 5.75. The molecule has 3 heteroatoms. The predicted molar refractivity (Wildman–Crippen MR) is 111 cm³/mol. The summed E-state index contributed by atoms with van der Waals surface area (Å²) >= 11 is 0. The smallest absolute Gasteiger partial charge is 0.122 e. The summed E-state index contributed by atoms with van der Waals surface area (Å²) in [5, 5.41) is 10.4. The Hall–Kier alpha value is -2.10. The molecule has 0 aliphatic carbocycles. The Morgan fingerprint density at radius 3 is 2.52 bits per heavy atom. The van der Waals surface area contributed by atoms with Crippen LogP contribution in [0.15, 0.2) is 67.3 Å². The molecule has 0 amide bonds. The Morgan fingerprint density at radius 2 is 1.78 bits per heavy atom. The van der Waals surface area contributed by atoms with E-state index in [0.29, 0.717) is 13.2 Å². The number of hydrogen-bond donors (Lipinski definition) is 1. The zero-order chi connectivity index (χ0) is 18.9. The summed E-state index contributed by atoms with van der Waals surface area (Å²) in [6, 6.07) is 18.7. The van der Waals surface area contributed by atoms with E-state index in [1.807, 2.05) is 30.3 Å². The van der Waals surface area contributed by atoms with E-state index in [0.717, 1.165) is 36.7 Å². The van der Waals surface area contributed by atoms with Crippen LogP contribution in [0.25, 0.3) is 0 Å². The molecular weight excluding hydrogens is 334 g/mol. The van der Waals surface area contributed by atoms with Gasteiger partial charge in [0.2, 0.25) is 0 Å². The van der Waals surface area contributed by atoms with Gasteiger partial charge >= 0.3 is 0 Å². The number of para-hydroxylation sites is 1. The van der Waals surface area contributed by atoms with Gasteiger partial charge in [-0.3, -0.25) is 0 Å². The minimum Gasteiger partial charge on any atom is -0.491 e. The van der Waals surface area contributed by atoms with Crippen LogP contribution >= 0.6 is 0 Å². The van der Waals surface area contributed by atoms with Crippen molar-refractivity contribution in [2.75, 3.05) is 26.2 Å². The number of aliphatic hydroxyl groups excluding tert-OH is 1. The van der Waals surface area contributed by atoms with E-state index in [9.17, 15) is 5.11 Å². The standard InChI is InChI=1S/C24H31NO2/c1-2-8-22-11-6-7-12-24(22)27-19-23(26)18-25-15-13-21(14-16-25)17-20-9-4-3-5-10-20/h2-7,9-12,21,23,26H,1,8,13-19H2/t23-/m0/s1. The highest BCUT2D eigenvalue weighted by Crippen LogP contribution is 2.22. The Bertz CT molecular complexity index is 693. The van der Waals surface area contributed by atoms with Gasteiger partial charge in [0.1, 0.15) is 18.5 Å². The molecule has 144 valence electrons. The van der Waals surface area contributed by atoms with Gasteiger partial charge in [-0.1, -0.05) is 54.6 Å². The first-order valence-electron chi connectivity index (χ1n) is 10.0. The van der Waals surface area contributed by atoms with Crippen molar-refractivity contribution in [1.82, 2.24) is 4.90 Å². The molecule has 2 aromatic rings. The Balaban J connectivity index is 1.39. The average molecular weight is 366 g/mol. The summed E-state index contributed by atoms with van der Waals surface area (Å²) < 4.78 is 5.87. The van der Waals surface area contributed by atoms with Crippen LogP contribution in [0, 0.1) is 5.92 Å². The van der Waals surface area contributed by atoms with Gasteiger partial charge in [0.15, 0.2) is 0 Å². The number of piperidine rings is 1. The zero-order valence-corrected chi connectivity index (χ0v) is 16.1. The van der Waals surface area contributed by atoms with Crippen molar-refractivity contribution >= 4 is 0 Å². The summed E-state index contributed by atoms with van der Waals surface area (Å²) in [5.74, 6) is 1.60. The number of allylic oxidation sites excluding steroid dienone is 1. The first-order chi connectivity index (χ1) is 13.2. The molecule has 1 atom stereocenters. The molecule has 0 aromatic heterocycles. The Morgan fingerprint density at radius 1 is 1.07 bits per heavy atom. The molecule has 1 fully saturated rings. The lowest BCUT2D eigenvalue weighted by molar-refractivity contribution is 0.0548. The fourth-order valence-electron chi connectivity index (χ4n) is 3.83. The predicted octanol–water partition coefficient (Wildman–Crippen LogP) is 4.11. The molecule has 0 radical (unpaired) electrons. The van der Waals surface area contributed by atoms with Crippen molar-refractivity contribution in [1.29, 1.82) is 0 Å². The van der Waals surface area contributed by atoms with Gasteiger partial charge in [0, 0.05) is 6.54 Å². The average Bonchev–Trinajstić information content (AvgIpc) is 2.70. The summed E-state index contributed by atoms with van der Waals surface area (Å²) in [7, 11) is 0. The maximum Gasteiger partial charge on any atom is 0.122 e. The van der Waals surface area contributed by atoms with E-state index in [-0.39, 0.29) is 0 Å². The Kier molecular flexibility index (Phi) is 7.49. The van der Waals surface area contributed by atoms with E-state index >= 15 is 0 Å². The second kappa shape index (κ2) is 10.3. The molecule has 3 nitrogen and oxygen atoms in total. The Labute approximate surface area is 163 Å². The molecule has 0 bridgehead atoms. The van der Waals surface area contributed by atoms with Gasteiger partial charge in [-0.15, -0.1) is 6.58 Å². The van der Waals surface area contributed by atoms with Crippen LogP contribution in [0.3, 0.4) is 0 Å². The first kappa shape index (κ1) is 19.7. The summed E-state index contributed by atoms with van der Waals surface area (Å²) in [4.78, 5) is 2.37. The second-order valence-electron chi connectivity index (χ2n) is 7.50. The fraction of sp³-hybridized carbons (Fsp3) is 0.417. The quantitative estimate of drug-likeness (QED) is 0.679. The molecule has 3 rings (SSSR count). The van der Waals surface area contributed by atoms with E-state index in [1.54, 1.807) is 0 Å². The molecular formula is C24H31NO2. The zero-order valence-electron chi connectivity index (χ0n) is 16.1. The molecule has 1 heterocycles. The van der Waals surface area contributed by atoms with Crippen LogP contribution in [0.4, 0.5) is 0 Å². The highest BCUT2D eigenvalue weighted by atomic mass is 16.5. The van der Waals surface area contributed by atoms with Crippen LogP contribution in [0.2, 0.25) is 0 Å². The van der Waals surface area contributed by atoms with Crippen LogP contribution in [0.1, 0.15) is 24.0 Å². The van der Waals surface area contributed by atoms with Crippen LogP contribution in [-0.4, -0.2) is 42.4 Å². The van der Waals surface area contributed by atoms with Crippen molar-refractivity contribution in [2.24, 2.45) is 5.92 Å². The maximum absolute atomic E-state index is 10.4. The molecule has 1 N–H and O–H groups in total. The number of aliphatic hydroxyl groups is 1. The molecule has 0 unspecified atom stereocenters. The number of hydrogen-bond acceptors (Lipinski definition) is 3. The van der Waals surface area contributed by atoms with Crippen LogP contribution in [-0.2, 0) is 12.8 Å². The van der Waals surface area contributed by atoms with Gasteiger partial charge < -0.3 is 14.7 Å². The lowest BCUT2D eigenvalue weighted by Crippen LogP contribution is -2.41. The largest absolute Gasteiger partial charge is 0.491 e. The molecule has 0 saturated carbocycles. The third-order valence-corrected chi connectivity index (χ3v) is 5.31. The van der Waals surface area contributed by atoms with Gasteiger partial charge in [0.05, 0.1) is 0 Å². The monoisotopic (exact) mass is 365 g/mol. The van der Waals surface area contributed by atoms with E-state index in [1.165, 1.54) is 24.8 Å². The fourth-order valence-corrected chi connectivity index (χ4v) is 3.83. The molecule has 2 aromatic carbocycles. The number of ether oxygens (including phenoxy) is 1. The number of likely N-dealkylation sites (tertiary alicyclic amines) is 1. The van der Waals surface area contributed by atoms with E-state index < -0.39 is 6.10 Å². The number of β-amino-alcohol motifs (C(OH)–C–C–N with tert-alkyl or cyclic N) is 1. The summed E-state index contributed by atoms with van der Waals surface area (Å²) in [6.45, 7) is 6.92. The van der Waals surface area contributed by atoms with Gasteiger partial charge in [-0.25, -0.2) is 0 Å². The van der Waals surface area contributed by atoms with Crippen molar-refractivity contribution in [3.63, 3.8) is 0 Å². The minimum absolute atomic E-state index is 0.331.